The van der Waals surface area contributed by atoms with Crippen LogP contribution in [0.4, 0.5) is 0 Å². The van der Waals surface area contributed by atoms with E-state index in [0.29, 0.717) is 30.8 Å². The molecular weight excluding hydrogens is 430 g/mol. The second-order valence-corrected chi connectivity index (χ2v) is 12.0. The molecule has 1 aromatic carbocycles. The molecule has 0 bridgehead atoms. The summed E-state index contributed by atoms with van der Waals surface area (Å²) in [5, 5.41) is 9.34. The topological polar surface area (TPSA) is 102 Å². The first-order valence-corrected chi connectivity index (χ1v) is 12.8. The molecule has 2 aromatic rings. The number of aliphatic carboxylic acids is 1. The molecular formula is C23H33N3O5S. The average molecular weight is 464 g/mol. The monoisotopic (exact) mass is 463 g/mol. The SMILES string of the molecule is CC(C)(C)c1nc2cc(S(=O)(=O)N3CCC[C@H](C(=O)O)C3)ccc2n1CC1CCOCC1. The van der Waals surface area contributed by atoms with Crippen LogP contribution in [0.2, 0.25) is 0 Å². The Labute approximate surface area is 189 Å². The molecule has 1 N–H and O–H groups in total. The Hall–Kier alpha value is -1.97. The third-order valence-corrected chi connectivity index (χ3v) is 8.40. The lowest BCUT2D eigenvalue weighted by molar-refractivity contribution is -0.142. The van der Waals surface area contributed by atoms with Crippen LogP contribution in [-0.2, 0) is 31.5 Å². The summed E-state index contributed by atoms with van der Waals surface area (Å²) in [6.07, 6.45) is 3.07. The molecule has 0 radical (unpaired) electrons. The fourth-order valence-electron chi connectivity index (χ4n) is 4.73. The van der Waals surface area contributed by atoms with Crippen molar-refractivity contribution in [2.24, 2.45) is 11.8 Å². The third-order valence-electron chi connectivity index (χ3n) is 6.54. The van der Waals surface area contributed by atoms with Crippen LogP contribution in [0.15, 0.2) is 23.1 Å². The van der Waals surface area contributed by atoms with E-state index in [4.69, 9.17) is 9.72 Å². The van der Waals surface area contributed by atoms with Crippen LogP contribution in [-0.4, -0.2) is 59.7 Å². The number of nitrogens with zero attached hydrogens (tertiary/aromatic N) is 3. The first kappa shape index (κ1) is 23.2. The summed E-state index contributed by atoms with van der Waals surface area (Å²) in [5.74, 6) is -0.153. The fraction of sp³-hybridized carbons (Fsp3) is 0.652. The molecule has 1 aromatic heterocycles. The van der Waals surface area contributed by atoms with Crippen LogP contribution in [0.25, 0.3) is 11.0 Å². The number of aromatic nitrogens is 2. The Bertz CT molecular complexity index is 1100. The van der Waals surface area contributed by atoms with E-state index >= 15 is 0 Å². The number of hydrogen-bond acceptors (Lipinski definition) is 5. The molecule has 9 heteroatoms. The van der Waals surface area contributed by atoms with Crippen LogP contribution in [0.3, 0.4) is 0 Å². The van der Waals surface area contributed by atoms with Crippen LogP contribution in [0.1, 0.15) is 52.3 Å². The van der Waals surface area contributed by atoms with Crippen molar-refractivity contribution in [3.05, 3.63) is 24.0 Å². The molecule has 1 atom stereocenters. The highest BCUT2D eigenvalue weighted by Crippen LogP contribution is 2.31. The number of piperidine rings is 1. The summed E-state index contributed by atoms with van der Waals surface area (Å²) in [4.78, 5) is 16.4. The Morgan fingerprint density at radius 2 is 1.94 bits per heavy atom. The predicted octanol–water partition coefficient (Wildman–Crippen LogP) is 3.25. The number of rotatable bonds is 5. The van der Waals surface area contributed by atoms with Crippen LogP contribution < -0.4 is 0 Å². The van der Waals surface area contributed by atoms with Gasteiger partial charge in [0, 0.05) is 38.3 Å². The lowest BCUT2D eigenvalue weighted by Gasteiger charge is -2.29. The van der Waals surface area contributed by atoms with E-state index in [0.717, 1.165) is 43.9 Å². The van der Waals surface area contributed by atoms with Crippen molar-refractivity contribution < 1.29 is 23.1 Å². The van der Waals surface area contributed by atoms with Crippen LogP contribution in [0.5, 0.6) is 0 Å². The summed E-state index contributed by atoms with van der Waals surface area (Å²) >= 11 is 0. The molecule has 0 spiro atoms. The van der Waals surface area contributed by atoms with E-state index in [1.165, 1.54) is 4.31 Å². The van der Waals surface area contributed by atoms with Crippen LogP contribution in [0, 0.1) is 11.8 Å². The van der Waals surface area contributed by atoms with Gasteiger partial charge in [-0.15, -0.1) is 0 Å². The number of carbonyl (C=O) groups is 1. The van der Waals surface area contributed by atoms with E-state index in [2.05, 4.69) is 25.3 Å². The van der Waals surface area contributed by atoms with Crippen molar-refractivity contribution in [2.75, 3.05) is 26.3 Å². The maximum absolute atomic E-state index is 13.3. The quantitative estimate of drug-likeness (QED) is 0.730. The number of sulfonamides is 1. The number of benzene rings is 1. The smallest absolute Gasteiger partial charge is 0.307 e. The van der Waals surface area contributed by atoms with E-state index in [-0.39, 0.29) is 16.9 Å². The van der Waals surface area contributed by atoms with Gasteiger partial charge in [-0.1, -0.05) is 20.8 Å². The van der Waals surface area contributed by atoms with Crippen LogP contribution >= 0.6 is 0 Å². The number of carboxylic acid groups (broad SMARTS) is 1. The van der Waals surface area contributed by atoms with Crippen molar-refractivity contribution in [2.45, 2.75) is 63.3 Å². The Morgan fingerprint density at radius 3 is 2.59 bits per heavy atom. The molecule has 2 aliphatic rings. The Kier molecular flexibility index (Phi) is 6.35. The number of carboxylic acids is 1. The second kappa shape index (κ2) is 8.76. The summed E-state index contributed by atoms with van der Waals surface area (Å²) in [6, 6.07) is 5.13. The normalized spacial score (nSPS) is 21.8. The zero-order chi connectivity index (χ0) is 23.1. The molecule has 0 amide bonds. The minimum Gasteiger partial charge on any atom is -0.481 e. The summed E-state index contributed by atoms with van der Waals surface area (Å²) < 4.78 is 35.6. The van der Waals surface area contributed by atoms with Gasteiger partial charge in [0.05, 0.1) is 21.8 Å². The maximum atomic E-state index is 13.3. The molecule has 3 heterocycles. The number of hydrogen-bond donors (Lipinski definition) is 1. The minimum absolute atomic E-state index is 0.0150. The standard InChI is InChI=1S/C23H33N3O5S/c1-23(2,3)22-24-19-13-18(32(29,30)25-10-4-5-17(15-25)21(27)28)6-7-20(19)26(22)14-16-8-11-31-12-9-16/h6-7,13,16-17H,4-5,8-12,14-15H2,1-3H3,(H,27,28)/t17-/m0/s1. The van der Waals surface area contributed by atoms with E-state index in [1.54, 1.807) is 12.1 Å². The van der Waals surface area contributed by atoms with Gasteiger partial charge in [-0.05, 0) is 49.8 Å². The number of fused-ring (bicyclic) bond motifs is 1. The lowest BCUT2D eigenvalue weighted by atomic mass is 9.94. The minimum atomic E-state index is -3.78. The molecule has 2 fully saturated rings. The first-order chi connectivity index (χ1) is 15.1. The first-order valence-electron chi connectivity index (χ1n) is 11.4. The van der Waals surface area contributed by atoms with Gasteiger partial charge in [-0.25, -0.2) is 13.4 Å². The predicted molar refractivity (Wildman–Crippen MR) is 121 cm³/mol. The lowest BCUT2D eigenvalue weighted by Crippen LogP contribution is -2.42. The number of imidazole rings is 1. The molecule has 0 saturated carbocycles. The van der Waals surface area contributed by atoms with E-state index < -0.39 is 21.9 Å². The van der Waals surface area contributed by atoms with Gasteiger partial charge < -0.3 is 14.4 Å². The summed E-state index contributed by atoms with van der Waals surface area (Å²) in [7, 11) is -3.78. The fourth-order valence-corrected chi connectivity index (χ4v) is 6.27. The van der Waals surface area contributed by atoms with Gasteiger partial charge in [0.2, 0.25) is 10.0 Å². The van der Waals surface area contributed by atoms with Crippen molar-refractivity contribution in [3.63, 3.8) is 0 Å². The molecule has 0 unspecified atom stereocenters. The highest BCUT2D eigenvalue weighted by Gasteiger charge is 2.34. The Balaban J connectivity index is 1.70. The van der Waals surface area contributed by atoms with Gasteiger partial charge in [-0.3, -0.25) is 4.79 Å². The van der Waals surface area contributed by atoms with Gasteiger partial charge in [0.15, 0.2) is 0 Å². The van der Waals surface area contributed by atoms with Gasteiger partial charge in [0.1, 0.15) is 5.82 Å². The van der Waals surface area contributed by atoms with Gasteiger partial charge in [0.25, 0.3) is 0 Å². The molecule has 176 valence electrons. The van der Waals surface area contributed by atoms with Crippen molar-refractivity contribution in [1.29, 1.82) is 0 Å². The third kappa shape index (κ3) is 4.56. The van der Waals surface area contributed by atoms with Gasteiger partial charge >= 0.3 is 5.97 Å². The van der Waals surface area contributed by atoms with Crippen molar-refractivity contribution >= 4 is 27.0 Å². The summed E-state index contributed by atoms with van der Waals surface area (Å²) in [5.41, 5.74) is 1.41. The van der Waals surface area contributed by atoms with Crippen molar-refractivity contribution in [1.82, 2.24) is 13.9 Å². The Morgan fingerprint density at radius 1 is 1.22 bits per heavy atom. The molecule has 2 aliphatic heterocycles. The zero-order valence-electron chi connectivity index (χ0n) is 19.1. The highest BCUT2D eigenvalue weighted by atomic mass is 32.2. The number of ether oxygens (including phenoxy) is 1. The maximum Gasteiger partial charge on any atom is 0.307 e. The largest absolute Gasteiger partial charge is 0.481 e. The average Bonchev–Trinajstić information content (AvgIpc) is 3.13. The van der Waals surface area contributed by atoms with Gasteiger partial charge in [-0.2, -0.15) is 4.31 Å². The van der Waals surface area contributed by atoms with E-state index in [1.807, 2.05) is 6.07 Å². The zero-order valence-corrected chi connectivity index (χ0v) is 19.9. The molecule has 32 heavy (non-hydrogen) atoms. The molecule has 8 nitrogen and oxygen atoms in total. The van der Waals surface area contributed by atoms with E-state index in [9.17, 15) is 18.3 Å². The second-order valence-electron chi connectivity index (χ2n) is 10.0. The molecule has 0 aliphatic carbocycles. The molecule has 4 rings (SSSR count). The van der Waals surface area contributed by atoms with Crippen molar-refractivity contribution in [3.8, 4) is 0 Å². The molecule has 2 saturated heterocycles. The summed E-state index contributed by atoms with van der Waals surface area (Å²) in [6.45, 7) is 9.10. The highest BCUT2D eigenvalue weighted by molar-refractivity contribution is 7.89.